The van der Waals surface area contributed by atoms with Crippen molar-refractivity contribution in [2.75, 3.05) is 18.4 Å². The Hall–Kier alpha value is -2.50. The minimum Gasteiger partial charge on any atom is -0.475 e. The number of benzene rings is 1. The second kappa shape index (κ2) is 11.4. The van der Waals surface area contributed by atoms with Crippen molar-refractivity contribution in [2.45, 2.75) is 38.2 Å². The second-order valence-corrected chi connectivity index (χ2v) is 5.64. The van der Waals surface area contributed by atoms with Gasteiger partial charge in [0.25, 0.3) is 0 Å². The van der Waals surface area contributed by atoms with Crippen molar-refractivity contribution in [1.29, 1.82) is 0 Å². The van der Waals surface area contributed by atoms with Gasteiger partial charge in [0.05, 0.1) is 0 Å². The van der Waals surface area contributed by atoms with Gasteiger partial charge in [-0.25, -0.2) is 9.59 Å². The number of piperidine rings is 1. The third-order valence-corrected chi connectivity index (χ3v) is 3.25. The maximum Gasteiger partial charge on any atom is 0.490 e. The van der Waals surface area contributed by atoms with Crippen molar-refractivity contribution in [1.82, 2.24) is 5.32 Å². The highest BCUT2D eigenvalue weighted by Crippen LogP contribution is 2.14. The second-order valence-electron chi connectivity index (χ2n) is 5.64. The van der Waals surface area contributed by atoms with Gasteiger partial charge in [-0.2, -0.15) is 26.3 Å². The predicted molar refractivity (Wildman–Crippen MR) is 88.1 cm³/mol. The van der Waals surface area contributed by atoms with E-state index < -0.39 is 24.3 Å². The van der Waals surface area contributed by atoms with Crippen LogP contribution < -0.4 is 10.6 Å². The molecule has 2 rings (SSSR count). The summed E-state index contributed by atoms with van der Waals surface area (Å²) in [5, 5.41) is 21.2. The Balaban J connectivity index is 0.000000444. The number of nitrogens with one attached hydrogen (secondary N) is 2. The Bertz CT molecular complexity index is 587. The van der Waals surface area contributed by atoms with Crippen molar-refractivity contribution in [3.63, 3.8) is 0 Å². The maximum absolute atomic E-state index is 10.6. The normalized spacial score (nSPS) is 14.7. The Morgan fingerprint density at radius 2 is 1.29 bits per heavy atom. The van der Waals surface area contributed by atoms with E-state index in [2.05, 4.69) is 41.8 Å². The smallest absolute Gasteiger partial charge is 0.475 e. The molecule has 1 heterocycles. The van der Waals surface area contributed by atoms with Crippen LogP contribution in [-0.2, 0) is 9.59 Å². The van der Waals surface area contributed by atoms with Gasteiger partial charge in [-0.15, -0.1) is 0 Å². The highest BCUT2D eigenvalue weighted by Gasteiger charge is 2.38. The molecular formula is C16H20F6N2O4. The first kappa shape index (κ1) is 25.5. The van der Waals surface area contributed by atoms with Gasteiger partial charge < -0.3 is 20.8 Å². The minimum absolute atomic E-state index is 0.652. The van der Waals surface area contributed by atoms with E-state index >= 15 is 0 Å². The Morgan fingerprint density at radius 3 is 1.61 bits per heavy atom. The lowest BCUT2D eigenvalue weighted by Gasteiger charge is -2.24. The molecule has 0 aromatic heterocycles. The van der Waals surface area contributed by atoms with Crippen molar-refractivity contribution < 1.29 is 46.1 Å². The van der Waals surface area contributed by atoms with E-state index in [0.29, 0.717) is 6.04 Å². The summed E-state index contributed by atoms with van der Waals surface area (Å²) in [7, 11) is 0. The summed E-state index contributed by atoms with van der Waals surface area (Å²) < 4.78 is 63.5. The van der Waals surface area contributed by atoms with Crippen LogP contribution >= 0.6 is 0 Å². The summed E-state index contributed by atoms with van der Waals surface area (Å²) in [6.45, 7) is 4.40. The van der Waals surface area contributed by atoms with Crippen molar-refractivity contribution in [3.05, 3.63) is 29.8 Å². The molecule has 1 aromatic carbocycles. The average molecular weight is 418 g/mol. The number of carbonyl (C=O) groups is 2. The van der Waals surface area contributed by atoms with Gasteiger partial charge in [-0.3, -0.25) is 0 Å². The van der Waals surface area contributed by atoms with Crippen LogP contribution in [0.4, 0.5) is 32.0 Å². The Kier molecular flexibility index (Phi) is 10.4. The molecule has 0 spiro atoms. The first-order valence-corrected chi connectivity index (χ1v) is 7.87. The van der Waals surface area contributed by atoms with Crippen LogP contribution in [-0.4, -0.2) is 53.6 Å². The van der Waals surface area contributed by atoms with Gasteiger partial charge in [-0.05, 0) is 45.0 Å². The zero-order valence-electron chi connectivity index (χ0n) is 14.7. The molecule has 160 valence electrons. The third-order valence-electron chi connectivity index (χ3n) is 3.25. The van der Waals surface area contributed by atoms with Crippen LogP contribution in [0, 0.1) is 6.92 Å². The fourth-order valence-corrected chi connectivity index (χ4v) is 1.85. The molecule has 28 heavy (non-hydrogen) atoms. The molecule has 1 aromatic rings. The van der Waals surface area contributed by atoms with Crippen LogP contribution in [0.2, 0.25) is 0 Å². The molecule has 0 saturated carbocycles. The van der Waals surface area contributed by atoms with Crippen LogP contribution in [0.1, 0.15) is 18.4 Å². The average Bonchev–Trinajstić information content (AvgIpc) is 2.57. The molecule has 0 bridgehead atoms. The lowest BCUT2D eigenvalue weighted by Crippen LogP contribution is -2.35. The van der Waals surface area contributed by atoms with E-state index in [4.69, 9.17) is 19.8 Å². The number of carboxylic acids is 2. The number of hydrogen-bond donors (Lipinski definition) is 4. The molecule has 12 heteroatoms. The van der Waals surface area contributed by atoms with Gasteiger partial charge in [-0.1, -0.05) is 17.7 Å². The number of aliphatic carboxylic acids is 2. The van der Waals surface area contributed by atoms with Gasteiger partial charge in [0.2, 0.25) is 0 Å². The van der Waals surface area contributed by atoms with E-state index in [1.807, 2.05) is 0 Å². The molecule has 1 saturated heterocycles. The molecule has 4 N–H and O–H groups in total. The molecule has 1 fully saturated rings. The summed E-state index contributed by atoms with van der Waals surface area (Å²) in [5.74, 6) is -5.51. The van der Waals surface area contributed by atoms with Crippen molar-refractivity contribution >= 4 is 17.6 Å². The largest absolute Gasteiger partial charge is 0.490 e. The number of rotatable bonds is 2. The molecule has 0 unspecified atom stereocenters. The first-order chi connectivity index (χ1) is 12.7. The molecular weight excluding hydrogens is 398 g/mol. The topological polar surface area (TPSA) is 98.7 Å². The molecule has 1 aliphatic heterocycles. The van der Waals surface area contributed by atoms with E-state index in [9.17, 15) is 26.3 Å². The van der Waals surface area contributed by atoms with Crippen LogP contribution in [0.15, 0.2) is 24.3 Å². The van der Waals surface area contributed by atoms with E-state index in [-0.39, 0.29) is 0 Å². The van der Waals surface area contributed by atoms with Gasteiger partial charge in [0, 0.05) is 11.7 Å². The fraction of sp³-hybridized carbons (Fsp3) is 0.500. The third kappa shape index (κ3) is 12.0. The summed E-state index contributed by atoms with van der Waals surface area (Å²) in [5.41, 5.74) is 2.57. The lowest BCUT2D eigenvalue weighted by atomic mass is 10.1. The van der Waals surface area contributed by atoms with E-state index in [1.54, 1.807) is 0 Å². The highest BCUT2D eigenvalue weighted by molar-refractivity contribution is 5.73. The summed E-state index contributed by atoms with van der Waals surface area (Å²) in [4.78, 5) is 17.8. The maximum atomic E-state index is 10.6. The molecule has 0 atom stereocenters. The zero-order chi connectivity index (χ0) is 22.0. The predicted octanol–water partition coefficient (Wildman–Crippen LogP) is 3.43. The van der Waals surface area contributed by atoms with E-state index in [1.165, 1.54) is 24.1 Å². The molecule has 0 amide bonds. The quantitative estimate of drug-likeness (QED) is 0.550. The summed E-state index contributed by atoms with van der Waals surface area (Å²) >= 11 is 0. The minimum atomic E-state index is -5.08. The number of aryl methyl sites for hydroxylation is 1. The van der Waals surface area contributed by atoms with Crippen LogP contribution in [0.25, 0.3) is 0 Å². The molecule has 0 aliphatic carbocycles. The molecule has 1 aliphatic rings. The number of hydrogen-bond acceptors (Lipinski definition) is 4. The van der Waals surface area contributed by atoms with Crippen molar-refractivity contribution in [3.8, 4) is 0 Å². The molecule has 0 radical (unpaired) electrons. The lowest BCUT2D eigenvalue weighted by molar-refractivity contribution is -0.193. The van der Waals surface area contributed by atoms with Crippen LogP contribution in [0.5, 0.6) is 0 Å². The van der Waals surface area contributed by atoms with Crippen molar-refractivity contribution in [2.24, 2.45) is 0 Å². The first-order valence-electron chi connectivity index (χ1n) is 7.87. The van der Waals surface area contributed by atoms with Gasteiger partial charge in [0.15, 0.2) is 0 Å². The van der Waals surface area contributed by atoms with Crippen LogP contribution in [0.3, 0.4) is 0 Å². The number of carboxylic acid groups (broad SMARTS) is 2. The summed E-state index contributed by atoms with van der Waals surface area (Å²) in [6, 6.07) is 9.29. The summed E-state index contributed by atoms with van der Waals surface area (Å²) in [6.07, 6.45) is -7.71. The van der Waals surface area contributed by atoms with E-state index in [0.717, 1.165) is 13.1 Å². The fourth-order valence-electron chi connectivity index (χ4n) is 1.85. The number of alkyl halides is 6. The number of anilines is 1. The zero-order valence-corrected chi connectivity index (χ0v) is 14.7. The Morgan fingerprint density at radius 1 is 0.929 bits per heavy atom. The SMILES string of the molecule is Cc1ccc(NC2CCNCC2)cc1.O=C(O)C(F)(F)F.O=C(O)C(F)(F)F. The van der Waals surface area contributed by atoms with Gasteiger partial charge in [0.1, 0.15) is 0 Å². The highest BCUT2D eigenvalue weighted by atomic mass is 19.4. The number of halogens is 6. The molecule has 6 nitrogen and oxygen atoms in total. The Labute approximate surface area is 156 Å². The van der Waals surface area contributed by atoms with Gasteiger partial charge >= 0.3 is 24.3 Å². The monoisotopic (exact) mass is 418 g/mol. The standard InChI is InChI=1S/C12H18N2.2C2HF3O2/c1-10-2-4-11(5-3-10)14-12-6-8-13-9-7-12;2*3-2(4,5)1(6)7/h2-5,12-14H,6-9H2,1H3;2*(H,6,7).